The molecule has 1 aromatic rings. The number of hydrogen-bond donors (Lipinski definition) is 3. The van der Waals surface area contributed by atoms with Gasteiger partial charge in [0.05, 0.1) is 5.75 Å². The first-order chi connectivity index (χ1) is 12.0. The number of rotatable bonds is 11. The van der Waals surface area contributed by atoms with Crippen LogP contribution in [0.15, 0.2) is 35.3 Å². The van der Waals surface area contributed by atoms with Crippen LogP contribution in [0.1, 0.15) is 45.1 Å². The maximum Gasteiger partial charge on any atom is 0.213 e. The molecular weight excluding hydrogens is 336 g/mol. The maximum absolute atomic E-state index is 12.1. The van der Waals surface area contributed by atoms with Crippen LogP contribution in [-0.4, -0.2) is 39.8 Å². The first-order valence-corrected chi connectivity index (χ1v) is 10.6. The van der Waals surface area contributed by atoms with E-state index in [1.807, 2.05) is 30.3 Å². The number of benzene rings is 1. The van der Waals surface area contributed by atoms with Crippen molar-refractivity contribution in [2.45, 2.75) is 52.1 Å². The minimum absolute atomic E-state index is 0.00471. The van der Waals surface area contributed by atoms with Crippen LogP contribution in [-0.2, 0) is 16.6 Å². The van der Waals surface area contributed by atoms with Gasteiger partial charge >= 0.3 is 0 Å². The molecule has 1 atom stereocenters. The predicted molar refractivity (Wildman–Crippen MR) is 105 cm³/mol. The lowest BCUT2D eigenvalue weighted by Gasteiger charge is -2.18. The summed E-state index contributed by atoms with van der Waals surface area (Å²) in [4.78, 5) is 4.15. The van der Waals surface area contributed by atoms with E-state index in [2.05, 4.69) is 34.2 Å². The number of guanidine groups is 1. The van der Waals surface area contributed by atoms with Crippen molar-refractivity contribution < 1.29 is 8.42 Å². The van der Waals surface area contributed by atoms with E-state index in [1.54, 1.807) is 7.05 Å². The average molecular weight is 369 g/mol. The third kappa shape index (κ3) is 10.1. The lowest BCUT2D eigenvalue weighted by atomic mass is 10.1. The molecule has 7 heteroatoms. The van der Waals surface area contributed by atoms with E-state index < -0.39 is 10.0 Å². The van der Waals surface area contributed by atoms with Gasteiger partial charge in [-0.25, -0.2) is 13.1 Å². The van der Waals surface area contributed by atoms with E-state index in [9.17, 15) is 8.42 Å². The molecule has 142 valence electrons. The van der Waals surface area contributed by atoms with Gasteiger partial charge in [0.25, 0.3) is 0 Å². The van der Waals surface area contributed by atoms with E-state index in [0.29, 0.717) is 25.1 Å². The van der Waals surface area contributed by atoms with Gasteiger partial charge < -0.3 is 10.6 Å². The highest BCUT2D eigenvalue weighted by Gasteiger charge is 2.11. The van der Waals surface area contributed by atoms with Gasteiger partial charge in [-0.15, -0.1) is 0 Å². The lowest BCUT2D eigenvalue weighted by molar-refractivity contribution is 0.547. The fourth-order valence-corrected chi connectivity index (χ4v) is 3.27. The van der Waals surface area contributed by atoms with Crippen LogP contribution in [0.25, 0.3) is 0 Å². The highest BCUT2D eigenvalue weighted by molar-refractivity contribution is 7.89. The monoisotopic (exact) mass is 368 g/mol. The second-order valence-electron chi connectivity index (χ2n) is 6.17. The summed E-state index contributed by atoms with van der Waals surface area (Å²) in [6, 6.07) is 9.79. The minimum atomic E-state index is -3.32. The van der Waals surface area contributed by atoms with Crippen molar-refractivity contribution in [3.8, 4) is 0 Å². The van der Waals surface area contributed by atoms with E-state index in [4.69, 9.17) is 0 Å². The van der Waals surface area contributed by atoms with Crippen molar-refractivity contribution in [2.24, 2.45) is 4.99 Å². The van der Waals surface area contributed by atoms with Crippen LogP contribution in [0.3, 0.4) is 0 Å². The normalized spacial score (nSPS) is 13.5. The molecule has 1 aromatic carbocycles. The van der Waals surface area contributed by atoms with Crippen molar-refractivity contribution in [3.05, 3.63) is 35.9 Å². The third-order valence-corrected chi connectivity index (χ3v) is 5.18. The quantitative estimate of drug-likeness (QED) is 0.318. The van der Waals surface area contributed by atoms with E-state index in [-0.39, 0.29) is 5.75 Å². The van der Waals surface area contributed by atoms with E-state index in [1.165, 1.54) is 19.3 Å². The Morgan fingerprint density at radius 2 is 1.92 bits per heavy atom. The van der Waals surface area contributed by atoms with Gasteiger partial charge in [-0.3, -0.25) is 4.99 Å². The molecule has 0 bridgehead atoms. The number of hydrogen-bond acceptors (Lipinski definition) is 3. The van der Waals surface area contributed by atoms with Crippen LogP contribution in [0.2, 0.25) is 0 Å². The molecule has 0 saturated heterocycles. The zero-order valence-corrected chi connectivity index (χ0v) is 16.4. The second kappa shape index (κ2) is 11.9. The molecule has 0 spiro atoms. The fraction of sp³-hybridized carbons (Fsp3) is 0.611. The van der Waals surface area contributed by atoms with Crippen molar-refractivity contribution in [2.75, 3.05) is 19.3 Å². The van der Waals surface area contributed by atoms with Crippen LogP contribution in [0, 0.1) is 0 Å². The minimum Gasteiger partial charge on any atom is -0.355 e. The first kappa shape index (κ1) is 21.4. The molecule has 0 aliphatic rings. The Hall–Kier alpha value is -1.60. The molecule has 0 fully saturated rings. The van der Waals surface area contributed by atoms with Crippen molar-refractivity contribution in [1.82, 2.24) is 15.4 Å². The molecule has 0 aliphatic carbocycles. The zero-order valence-electron chi connectivity index (χ0n) is 15.6. The summed E-state index contributed by atoms with van der Waals surface area (Å²) in [6.07, 6.45) is 4.68. The van der Waals surface area contributed by atoms with Crippen LogP contribution in [0.5, 0.6) is 0 Å². The Morgan fingerprint density at radius 3 is 2.56 bits per heavy atom. The predicted octanol–water partition coefficient (Wildman–Crippen LogP) is 2.24. The Morgan fingerprint density at radius 1 is 1.20 bits per heavy atom. The highest BCUT2D eigenvalue weighted by Crippen LogP contribution is 2.02. The summed E-state index contributed by atoms with van der Waals surface area (Å²) >= 11 is 0. The van der Waals surface area contributed by atoms with Gasteiger partial charge in [0.1, 0.15) is 0 Å². The van der Waals surface area contributed by atoms with Crippen LogP contribution in [0.4, 0.5) is 0 Å². The van der Waals surface area contributed by atoms with Crippen LogP contribution >= 0.6 is 0 Å². The number of aliphatic imine (C=N–C) groups is 1. The molecule has 1 rings (SSSR count). The summed E-state index contributed by atoms with van der Waals surface area (Å²) < 4.78 is 26.7. The van der Waals surface area contributed by atoms with Crippen molar-refractivity contribution in [3.63, 3.8) is 0 Å². The summed E-state index contributed by atoms with van der Waals surface area (Å²) in [7, 11) is -1.63. The Labute approximate surface area is 152 Å². The molecular formula is C18H32N4O2S. The molecule has 0 radical (unpaired) electrons. The van der Waals surface area contributed by atoms with Gasteiger partial charge in [0, 0.05) is 26.2 Å². The summed E-state index contributed by atoms with van der Waals surface area (Å²) in [5, 5.41) is 6.36. The molecule has 25 heavy (non-hydrogen) atoms. The van der Waals surface area contributed by atoms with Gasteiger partial charge in [0.2, 0.25) is 10.0 Å². The molecule has 6 nitrogen and oxygen atoms in total. The summed E-state index contributed by atoms with van der Waals surface area (Å²) in [5.74, 6) is 0.646. The van der Waals surface area contributed by atoms with Crippen molar-refractivity contribution >= 4 is 16.0 Å². The topological polar surface area (TPSA) is 82.6 Å². The highest BCUT2D eigenvalue weighted by atomic mass is 32.2. The zero-order chi connectivity index (χ0) is 18.5. The fourth-order valence-electron chi connectivity index (χ4n) is 2.37. The maximum atomic E-state index is 12.1. The largest absolute Gasteiger partial charge is 0.355 e. The third-order valence-electron chi connectivity index (χ3n) is 3.85. The summed E-state index contributed by atoms with van der Waals surface area (Å²) in [5.41, 5.74) is 0.942. The SMILES string of the molecule is CCCCCC(C)NC(=NC)NCCS(=O)(=O)NCc1ccccc1. The molecule has 0 aromatic heterocycles. The average Bonchev–Trinajstić information content (AvgIpc) is 2.60. The van der Waals surface area contributed by atoms with Crippen molar-refractivity contribution in [1.29, 1.82) is 0 Å². The molecule has 3 N–H and O–H groups in total. The smallest absolute Gasteiger partial charge is 0.213 e. The number of sulfonamides is 1. The Balaban J connectivity index is 2.30. The van der Waals surface area contributed by atoms with Gasteiger partial charge in [-0.2, -0.15) is 0 Å². The van der Waals surface area contributed by atoms with Gasteiger partial charge in [-0.05, 0) is 18.9 Å². The molecule has 0 amide bonds. The van der Waals surface area contributed by atoms with E-state index >= 15 is 0 Å². The van der Waals surface area contributed by atoms with E-state index in [0.717, 1.165) is 12.0 Å². The number of unbranched alkanes of at least 4 members (excludes halogenated alkanes) is 2. The summed E-state index contributed by atoms with van der Waals surface area (Å²) in [6.45, 7) is 4.92. The van der Waals surface area contributed by atoms with Gasteiger partial charge in [-0.1, -0.05) is 56.5 Å². The standard InChI is InChI=1S/C18H32N4O2S/c1-4-5-7-10-16(2)22-18(19-3)20-13-14-25(23,24)21-15-17-11-8-6-9-12-17/h6,8-9,11-12,16,21H,4-5,7,10,13-15H2,1-3H3,(H2,19,20,22). The Kier molecular flexibility index (Phi) is 10.2. The molecule has 1 unspecified atom stereocenters. The van der Waals surface area contributed by atoms with Gasteiger partial charge in [0.15, 0.2) is 5.96 Å². The van der Waals surface area contributed by atoms with Crippen LogP contribution < -0.4 is 15.4 Å². The lowest BCUT2D eigenvalue weighted by Crippen LogP contribution is -2.44. The first-order valence-electron chi connectivity index (χ1n) is 8.95. The molecule has 0 aliphatic heterocycles. The number of nitrogens with one attached hydrogen (secondary N) is 3. The molecule has 0 heterocycles. The molecule has 0 saturated carbocycles. The second-order valence-corrected chi connectivity index (χ2v) is 8.09. The Bertz CT molecular complexity index is 603. The number of nitrogens with zero attached hydrogens (tertiary/aromatic N) is 1.